The molecule has 0 spiro atoms. The Balaban J connectivity index is 1.30. The summed E-state index contributed by atoms with van der Waals surface area (Å²) in [6.07, 6.45) is -5.71. The van der Waals surface area contributed by atoms with Crippen molar-refractivity contribution in [2.75, 3.05) is 13.2 Å². The first-order chi connectivity index (χ1) is 30.4. The molecule has 13 heteroatoms. The van der Waals surface area contributed by atoms with Crippen molar-refractivity contribution in [3.05, 3.63) is 192 Å². The first-order valence-electron chi connectivity index (χ1n) is 20.2. The average Bonchev–Trinajstić information content (AvgIpc) is 3.31. The molecule has 6 atom stereocenters. The minimum atomic E-state index is -1.48. The summed E-state index contributed by atoms with van der Waals surface area (Å²) in [5, 5.41) is 5.26. The fourth-order valence-electron chi connectivity index (χ4n) is 6.60. The molecule has 13 nitrogen and oxygen atoms in total. The number of nitrogens with one attached hydrogen (secondary N) is 2. The Morgan fingerprint density at radius 1 is 0.613 bits per heavy atom. The number of amides is 2. The van der Waals surface area contributed by atoms with Crippen LogP contribution in [0.1, 0.15) is 39.0 Å². The number of hydrogen-bond acceptors (Lipinski definition) is 11. The molecule has 2 amide bonds. The molecule has 1 aliphatic heterocycles. The van der Waals surface area contributed by atoms with Gasteiger partial charge in [-0.05, 0) is 34.4 Å². The molecule has 0 radical (unpaired) electrons. The van der Waals surface area contributed by atoms with Crippen molar-refractivity contribution < 1.29 is 52.3 Å². The van der Waals surface area contributed by atoms with E-state index in [4.69, 9.17) is 33.2 Å². The van der Waals surface area contributed by atoms with E-state index in [2.05, 4.69) is 17.2 Å². The van der Waals surface area contributed by atoms with Gasteiger partial charge in [0.25, 0.3) is 0 Å². The lowest BCUT2D eigenvalue weighted by Crippen LogP contribution is -2.66. The number of hydrogen-bond donors (Lipinski definition) is 2. The molecule has 2 N–H and O–H groups in total. The van der Waals surface area contributed by atoms with Gasteiger partial charge in [-0.25, -0.2) is 14.4 Å². The van der Waals surface area contributed by atoms with E-state index in [0.717, 1.165) is 16.7 Å². The molecule has 322 valence electrons. The second-order valence-corrected chi connectivity index (χ2v) is 14.3. The van der Waals surface area contributed by atoms with Crippen LogP contribution in [0.2, 0.25) is 0 Å². The van der Waals surface area contributed by atoms with Crippen molar-refractivity contribution in [2.24, 2.45) is 0 Å². The molecular weight excluding hydrogens is 793 g/mol. The third-order valence-corrected chi connectivity index (χ3v) is 9.68. The molecule has 1 aliphatic rings. The molecular formula is C49H50N2O11. The minimum Gasteiger partial charge on any atom is -0.460 e. The monoisotopic (exact) mass is 842 g/mol. The maximum atomic E-state index is 14.1. The predicted octanol–water partition coefficient (Wildman–Crippen LogP) is 6.86. The highest BCUT2D eigenvalue weighted by molar-refractivity contribution is 5.90. The quantitative estimate of drug-likeness (QED) is 0.0452. The largest absolute Gasteiger partial charge is 0.460 e. The Morgan fingerprint density at radius 3 is 1.66 bits per heavy atom. The van der Waals surface area contributed by atoms with Gasteiger partial charge in [-0.1, -0.05) is 152 Å². The zero-order valence-electron chi connectivity index (χ0n) is 34.1. The van der Waals surface area contributed by atoms with Crippen molar-refractivity contribution >= 4 is 23.9 Å². The molecule has 5 aromatic rings. The Kier molecular flexibility index (Phi) is 17.4. The van der Waals surface area contributed by atoms with E-state index >= 15 is 0 Å². The zero-order valence-corrected chi connectivity index (χ0v) is 34.1. The summed E-state index contributed by atoms with van der Waals surface area (Å²) in [5.41, 5.74) is 3.59. The summed E-state index contributed by atoms with van der Waals surface area (Å²) in [6, 6.07) is 44.4. The second kappa shape index (κ2) is 24.0. The molecule has 1 saturated heterocycles. The van der Waals surface area contributed by atoms with E-state index in [1.165, 1.54) is 6.08 Å². The van der Waals surface area contributed by atoms with Gasteiger partial charge in [0.2, 0.25) is 5.91 Å². The number of rotatable bonds is 21. The van der Waals surface area contributed by atoms with Crippen LogP contribution in [0.5, 0.6) is 0 Å². The Morgan fingerprint density at radius 2 is 1.11 bits per heavy atom. The lowest BCUT2D eigenvalue weighted by Gasteiger charge is -2.45. The molecule has 0 aliphatic carbocycles. The number of benzene rings is 5. The molecule has 0 unspecified atom stereocenters. The van der Waals surface area contributed by atoms with Gasteiger partial charge >= 0.3 is 18.0 Å². The van der Waals surface area contributed by atoms with Crippen LogP contribution in [0.3, 0.4) is 0 Å². The summed E-state index contributed by atoms with van der Waals surface area (Å²) in [7, 11) is 0. The van der Waals surface area contributed by atoms with Crippen LogP contribution in [0, 0.1) is 0 Å². The SMILES string of the molecule is C=CCOC(=O)[C@H](CC(=O)N[C@H]1O[C@H](COCc2ccccc2)[C@H](OCc2ccccc2)[C@H](OCc2ccccc2)[C@H]1OC(=O)c1ccccc1)NC(=O)OCc1ccccc1. The smallest absolute Gasteiger partial charge is 0.408 e. The average molecular weight is 843 g/mol. The van der Waals surface area contributed by atoms with E-state index in [0.29, 0.717) is 5.56 Å². The van der Waals surface area contributed by atoms with Gasteiger partial charge in [0.1, 0.15) is 37.6 Å². The van der Waals surface area contributed by atoms with Gasteiger partial charge in [0.05, 0.1) is 38.4 Å². The zero-order chi connectivity index (χ0) is 43.4. The van der Waals surface area contributed by atoms with Crippen LogP contribution in [0.15, 0.2) is 164 Å². The normalized spacial score (nSPS) is 18.7. The van der Waals surface area contributed by atoms with Crippen molar-refractivity contribution in [3.63, 3.8) is 0 Å². The number of esters is 2. The number of carbonyl (C=O) groups is 4. The van der Waals surface area contributed by atoms with E-state index in [1.54, 1.807) is 54.6 Å². The molecule has 0 saturated carbocycles. The van der Waals surface area contributed by atoms with Crippen LogP contribution in [0.4, 0.5) is 4.79 Å². The number of carbonyl (C=O) groups excluding carboxylic acids is 4. The number of ether oxygens (including phenoxy) is 7. The summed E-state index contributed by atoms with van der Waals surface area (Å²) in [4.78, 5) is 54.1. The van der Waals surface area contributed by atoms with E-state index in [9.17, 15) is 19.2 Å². The van der Waals surface area contributed by atoms with Crippen LogP contribution in [0.25, 0.3) is 0 Å². The molecule has 6 rings (SSSR count). The Hall–Kier alpha value is -6.64. The molecule has 0 aromatic heterocycles. The van der Waals surface area contributed by atoms with Crippen LogP contribution in [-0.2, 0) is 69.2 Å². The summed E-state index contributed by atoms with van der Waals surface area (Å²) in [6.45, 7) is 3.78. The van der Waals surface area contributed by atoms with Crippen LogP contribution in [-0.4, -0.2) is 73.8 Å². The Labute approximate surface area is 360 Å². The highest BCUT2D eigenvalue weighted by Crippen LogP contribution is 2.30. The molecule has 1 fully saturated rings. The number of alkyl carbamates (subject to hydrolysis) is 1. The third kappa shape index (κ3) is 14.0. The standard InChI is InChI=1S/C49H50N2O11/c1-2-28-57-48(54)40(50-49(55)60-33-38-24-14-6-15-25-38)29-42(52)51-46-45(62-47(53)39-26-16-7-17-27-39)44(59-32-37-22-12-5-13-23-37)43(58-31-36-20-10-4-11-21-36)41(61-46)34-56-30-35-18-8-3-9-19-35/h2-27,40-41,43-46H,1,28-34H2,(H,50,55)(H,51,52)/t40-,41+,43-,44-,45+,46-/m0/s1. The molecule has 62 heavy (non-hydrogen) atoms. The van der Waals surface area contributed by atoms with Crippen LogP contribution < -0.4 is 10.6 Å². The molecule has 5 aromatic carbocycles. The molecule has 1 heterocycles. The van der Waals surface area contributed by atoms with Gasteiger partial charge in [-0.2, -0.15) is 0 Å². The van der Waals surface area contributed by atoms with Gasteiger partial charge in [-0.3, -0.25) is 4.79 Å². The summed E-state index contributed by atoms with van der Waals surface area (Å²) >= 11 is 0. The van der Waals surface area contributed by atoms with Crippen molar-refractivity contribution in [1.29, 1.82) is 0 Å². The summed E-state index contributed by atoms with van der Waals surface area (Å²) < 4.78 is 42.9. The fourth-order valence-corrected chi connectivity index (χ4v) is 6.60. The van der Waals surface area contributed by atoms with Crippen molar-refractivity contribution in [1.82, 2.24) is 10.6 Å². The second-order valence-electron chi connectivity index (χ2n) is 14.3. The highest BCUT2D eigenvalue weighted by atomic mass is 16.6. The maximum Gasteiger partial charge on any atom is 0.408 e. The van der Waals surface area contributed by atoms with E-state index in [1.807, 2.05) is 97.1 Å². The first-order valence-corrected chi connectivity index (χ1v) is 20.2. The predicted molar refractivity (Wildman–Crippen MR) is 228 cm³/mol. The topological polar surface area (TPSA) is 157 Å². The van der Waals surface area contributed by atoms with Crippen molar-refractivity contribution in [2.45, 2.75) is 69.5 Å². The van der Waals surface area contributed by atoms with Gasteiger partial charge in [0, 0.05) is 0 Å². The minimum absolute atomic E-state index is 0.0173. The van der Waals surface area contributed by atoms with Gasteiger partial charge < -0.3 is 43.8 Å². The lowest BCUT2D eigenvalue weighted by atomic mass is 9.96. The maximum absolute atomic E-state index is 14.1. The highest BCUT2D eigenvalue weighted by Gasteiger charge is 2.50. The lowest BCUT2D eigenvalue weighted by molar-refractivity contribution is -0.265. The van der Waals surface area contributed by atoms with E-state index in [-0.39, 0.29) is 45.2 Å². The van der Waals surface area contributed by atoms with Crippen molar-refractivity contribution in [3.8, 4) is 0 Å². The van der Waals surface area contributed by atoms with Gasteiger partial charge in [0.15, 0.2) is 12.3 Å². The van der Waals surface area contributed by atoms with Crippen LogP contribution >= 0.6 is 0 Å². The molecule has 0 bridgehead atoms. The van der Waals surface area contributed by atoms with E-state index < -0.39 is 67.0 Å². The first kappa shape index (κ1) is 44.9. The van der Waals surface area contributed by atoms with Gasteiger partial charge in [-0.15, -0.1) is 0 Å². The third-order valence-electron chi connectivity index (χ3n) is 9.68. The summed E-state index contributed by atoms with van der Waals surface area (Å²) in [5.74, 6) is -2.37. The Bertz CT molecular complexity index is 2140. The fraction of sp³-hybridized carbons (Fsp3) is 0.265.